The monoisotopic (exact) mass is 258 g/mol. The Balaban J connectivity index is 2.23. The second kappa shape index (κ2) is 4.63. The molecule has 0 spiro atoms. The summed E-state index contributed by atoms with van der Waals surface area (Å²) in [6.45, 7) is -1.18. The number of aromatic nitrogens is 4. The van der Waals surface area contributed by atoms with Crippen molar-refractivity contribution >= 4 is 0 Å². The Morgan fingerprint density at radius 3 is 2.72 bits per heavy atom. The van der Waals surface area contributed by atoms with Gasteiger partial charge in [0.15, 0.2) is 0 Å². The lowest BCUT2D eigenvalue weighted by molar-refractivity contribution is -0.142. The van der Waals surface area contributed by atoms with Crippen LogP contribution in [0.1, 0.15) is 0 Å². The third-order valence-corrected chi connectivity index (χ3v) is 2.08. The summed E-state index contributed by atoms with van der Waals surface area (Å²) in [6, 6.07) is 4.91. The SMILES string of the molecule is COc1cccc(-c2cn(CC(F)(F)F)nn2)n1. The van der Waals surface area contributed by atoms with Gasteiger partial charge in [-0.3, -0.25) is 0 Å². The van der Waals surface area contributed by atoms with E-state index in [2.05, 4.69) is 15.3 Å². The predicted octanol–water partition coefficient (Wildman–Crippen LogP) is 1.91. The number of methoxy groups -OCH3 is 1. The van der Waals surface area contributed by atoms with Crippen LogP contribution in [0.5, 0.6) is 5.88 Å². The lowest BCUT2D eigenvalue weighted by Crippen LogP contribution is -2.17. The zero-order valence-electron chi connectivity index (χ0n) is 9.35. The molecule has 0 amide bonds. The molecule has 0 aromatic carbocycles. The summed E-state index contributed by atoms with van der Waals surface area (Å²) in [7, 11) is 1.45. The highest BCUT2D eigenvalue weighted by atomic mass is 19.4. The van der Waals surface area contributed by atoms with Crippen LogP contribution < -0.4 is 4.74 Å². The van der Waals surface area contributed by atoms with Crippen molar-refractivity contribution in [1.82, 2.24) is 20.0 Å². The fourth-order valence-corrected chi connectivity index (χ4v) is 1.35. The quantitative estimate of drug-likeness (QED) is 0.843. The van der Waals surface area contributed by atoms with E-state index in [-0.39, 0.29) is 5.69 Å². The molecule has 0 aliphatic carbocycles. The van der Waals surface area contributed by atoms with Crippen LogP contribution in [0.3, 0.4) is 0 Å². The van der Waals surface area contributed by atoms with Crippen molar-refractivity contribution in [1.29, 1.82) is 0 Å². The van der Waals surface area contributed by atoms with Gasteiger partial charge in [-0.15, -0.1) is 5.10 Å². The predicted molar refractivity (Wildman–Crippen MR) is 55.9 cm³/mol. The molecular formula is C10H9F3N4O. The summed E-state index contributed by atoms with van der Waals surface area (Å²) in [6.07, 6.45) is -3.14. The molecule has 0 saturated carbocycles. The molecule has 18 heavy (non-hydrogen) atoms. The number of pyridine rings is 1. The average molecular weight is 258 g/mol. The summed E-state index contributed by atoms with van der Waals surface area (Å²) < 4.78 is 42.1. The molecule has 2 aromatic heterocycles. The molecule has 2 heterocycles. The Bertz CT molecular complexity index is 538. The first-order chi connectivity index (χ1) is 8.48. The van der Waals surface area contributed by atoms with Gasteiger partial charge in [0.25, 0.3) is 0 Å². The summed E-state index contributed by atoms with van der Waals surface area (Å²) in [5.41, 5.74) is 0.668. The zero-order chi connectivity index (χ0) is 13.2. The summed E-state index contributed by atoms with van der Waals surface area (Å²) >= 11 is 0. The number of halogens is 3. The van der Waals surface area contributed by atoms with E-state index in [1.807, 2.05) is 0 Å². The summed E-state index contributed by atoms with van der Waals surface area (Å²) in [5, 5.41) is 7.04. The maximum atomic E-state index is 12.1. The van der Waals surface area contributed by atoms with Gasteiger partial charge in [0.05, 0.1) is 19.0 Å². The third kappa shape index (κ3) is 2.96. The minimum Gasteiger partial charge on any atom is -0.481 e. The van der Waals surface area contributed by atoms with Crippen LogP contribution >= 0.6 is 0 Å². The molecule has 0 atom stereocenters. The van der Waals surface area contributed by atoms with Crippen molar-refractivity contribution in [3.8, 4) is 17.3 Å². The van der Waals surface area contributed by atoms with Crippen LogP contribution in [0.4, 0.5) is 13.2 Å². The first kappa shape index (κ1) is 12.3. The van der Waals surface area contributed by atoms with Gasteiger partial charge in [-0.05, 0) is 6.07 Å². The van der Waals surface area contributed by atoms with E-state index < -0.39 is 12.7 Å². The lowest BCUT2D eigenvalue weighted by Gasteiger charge is -2.04. The zero-order valence-corrected chi connectivity index (χ0v) is 9.35. The van der Waals surface area contributed by atoms with Gasteiger partial charge in [0.1, 0.15) is 12.2 Å². The first-order valence-corrected chi connectivity index (χ1v) is 4.96. The van der Waals surface area contributed by atoms with Crippen molar-refractivity contribution < 1.29 is 17.9 Å². The van der Waals surface area contributed by atoms with Gasteiger partial charge in [-0.25, -0.2) is 9.67 Å². The molecule has 0 N–H and O–H groups in total. The molecular weight excluding hydrogens is 249 g/mol. The van der Waals surface area contributed by atoms with Gasteiger partial charge in [0.2, 0.25) is 5.88 Å². The largest absolute Gasteiger partial charge is 0.481 e. The summed E-state index contributed by atoms with van der Waals surface area (Å²) in [4.78, 5) is 4.05. The normalized spacial score (nSPS) is 11.6. The molecule has 8 heteroatoms. The van der Waals surface area contributed by atoms with E-state index in [4.69, 9.17) is 4.74 Å². The van der Waals surface area contributed by atoms with Crippen molar-refractivity contribution in [3.63, 3.8) is 0 Å². The molecule has 0 bridgehead atoms. The highest BCUT2D eigenvalue weighted by Gasteiger charge is 2.28. The van der Waals surface area contributed by atoms with Gasteiger partial charge in [-0.2, -0.15) is 13.2 Å². The molecule has 96 valence electrons. The maximum Gasteiger partial charge on any atom is 0.408 e. The minimum absolute atomic E-state index is 0.262. The third-order valence-electron chi connectivity index (χ3n) is 2.08. The van der Waals surface area contributed by atoms with E-state index in [0.717, 1.165) is 4.68 Å². The highest BCUT2D eigenvalue weighted by Crippen LogP contribution is 2.20. The Hall–Kier alpha value is -2.12. The van der Waals surface area contributed by atoms with Gasteiger partial charge in [-0.1, -0.05) is 11.3 Å². The van der Waals surface area contributed by atoms with Crippen molar-refractivity contribution in [2.45, 2.75) is 12.7 Å². The van der Waals surface area contributed by atoms with Crippen LogP contribution in [0, 0.1) is 0 Å². The average Bonchev–Trinajstić information content (AvgIpc) is 2.75. The van der Waals surface area contributed by atoms with Gasteiger partial charge in [0, 0.05) is 6.07 Å². The van der Waals surface area contributed by atoms with E-state index in [1.54, 1.807) is 18.2 Å². The Labute approximate surface area is 100 Å². The topological polar surface area (TPSA) is 52.8 Å². The Morgan fingerprint density at radius 1 is 1.28 bits per heavy atom. The van der Waals surface area contributed by atoms with Gasteiger partial charge < -0.3 is 4.74 Å². The number of alkyl halides is 3. The lowest BCUT2D eigenvalue weighted by atomic mass is 10.3. The second-order valence-corrected chi connectivity index (χ2v) is 3.48. The number of rotatable bonds is 3. The standard InChI is InChI=1S/C10H9F3N4O/c1-18-9-4-2-3-7(14-9)8-5-17(16-15-8)6-10(11,12)13/h2-5H,6H2,1H3. The number of ether oxygens (including phenoxy) is 1. The van der Waals surface area contributed by atoms with Crippen LogP contribution in [-0.4, -0.2) is 33.3 Å². The molecule has 5 nitrogen and oxygen atoms in total. The summed E-state index contributed by atoms with van der Waals surface area (Å²) in [5.74, 6) is 0.359. The van der Waals surface area contributed by atoms with Crippen molar-refractivity contribution in [2.24, 2.45) is 0 Å². The highest BCUT2D eigenvalue weighted by molar-refractivity contribution is 5.52. The molecule has 0 fully saturated rings. The van der Waals surface area contributed by atoms with Crippen molar-refractivity contribution in [3.05, 3.63) is 24.4 Å². The number of hydrogen-bond donors (Lipinski definition) is 0. The minimum atomic E-state index is -4.33. The second-order valence-electron chi connectivity index (χ2n) is 3.48. The van der Waals surface area contributed by atoms with Crippen LogP contribution in [0.25, 0.3) is 11.4 Å². The van der Waals surface area contributed by atoms with Crippen LogP contribution in [0.15, 0.2) is 24.4 Å². The van der Waals surface area contributed by atoms with Crippen molar-refractivity contribution in [2.75, 3.05) is 7.11 Å². The Kier molecular flexibility index (Phi) is 3.17. The molecule has 0 aliphatic rings. The van der Waals surface area contributed by atoms with E-state index >= 15 is 0 Å². The van der Waals surface area contributed by atoms with E-state index in [1.165, 1.54) is 13.3 Å². The Morgan fingerprint density at radius 2 is 2.06 bits per heavy atom. The number of nitrogens with zero attached hydrogens (tertiary/aromatic N) is 4. The fraction of sp³-hybridized carbons (Fsp3) is 0.300. The number of hydrogen-bond acceptors (Lipinski definition) is 4. The van der Waals surface area contributed by atoms with Gasteiger partial charge >= 0.3 is 6.18 Å². The molecule has 0 aliphatic heterocycles. The molecule has 0 saturated heterocycles. The molecule has 0 unspecified atom stereocenters. The fourth-order valence-electron chi connectivity index (χ4n) is 1.35. The van der Waals surface area contributed by atoms with Crippen LogP contribution in [-0.2, 0) is 6.54 Å². The molecule has 0 radical (unpaired) electrons. The van der Waals surface area contributed by atoms with Crippen LogP contribution in [0.2, 0.25) is 0 Å². The van der Waals surface area contributed by atoms with E-state index in [0.29, 0.717) is 11.6 Å². The molecule has 2 aromatic rings. The van der Waals surface area contributed by atoms with E-state index in [9.17, 15) is 13.2 Å². The molecule has 2 rings (SSSR count). The smallest absolute Gasteiger partial charge is 0.408 e. The first-order valence-electron chi connectivity index (χ1n) is 4.96. The maximum absolute atomic E-state index is 12.1.